The second-order valence-corrected chi connectivity index (χ2v) is 9.85. The molecule has 0 unspecified atom stereocenters. The van der Waals surface area contributed by atoms with E-state index in [0.29, 0.717) is 5.56 Å². The van der Waals surface area contributed by atoms with E-state index in [9.17, 15) is 44.3 Å². The number of nitrogens with zero attached hydrogens (tertiary/aromatic N) is 1. The molecule has 3 rings (SSSR count). The summed E-state index contributed by atoms with van der Waals surface area (Å²) in [6.45, 7) is -2.06. The standard InChI is InChI=1S/C21H17F6NO7S/c22-20(23,24)12-34-14-3-1-13(2-4-14)16-6-5-15(11-28-16)36(31,32)19(7-9-33-10-8-19)17(29)35-18(30)21(25,26)27/h1-6,11H,7-10,12H2. The molecule has 36 heavy (non-hydrogen) atoms. The Hall–Kier alpha value is -3.20. The minimum absolute atomic E-state index is 0.0661. The lowest BCUT2D eigenvalue weighted by atomic mass is 9.99. The van der Waals surface area contributed by atoms with Gasteiger partial charge >= 0.3 is 24.3 Å². The van der Waals surface area contributed by atoms with Crippen molar-refractivity contribution in [1.82, 2.24) is 4.98 Å². The van der Waals surface area contributed by atoms with Crippen molar-refractivity contribution in [3.63, 3.8) is 0 Å². The fourth-order valence-electron chi connectivity index (χ4n) is 3.34. The second kappa shape index (κ2) is 10.0. The Bertz CT molecular complexity index is 1200. The first-order valence-corrected chi connectivity index (χ1v) is 11.6. The smallest absolute Gasteiger partial charge is 0.484 e. The van der Waals surface area contributed by atoms with Crippen molar-refractivity contribution in [2.45, 2.75) is 34.8 Å². The molecular formula is C21H17F6NO7S. The highest BCUT2D eigenvalue weighted by Crippen LogP contribution is 2.37. The van der Waals surface area contributed by atoms with Crippen LogP contribution in [-0.2, 0) is 28.9 Å². The van der Waals surface area contributed by atoms with Crippen molar-refractivity contribution in [2.75, 3.05) is 19.8 Å². The van der Waals surface area contributed by atoms with E-state index in [-0.39, 0.29) is 24.7 Å². The third-order valence-corrected chi connectivity index (χ3v) is 7.67. The van der Waals surface area contributed by atoms with Crippen LogP contribution in [0.4, 0.5) is 26.3 Å². The number of benzene rings is 1. The van der Waals surface area contributed by atoms with Gasteiger partial charge in [0.15, 0.2) is 21.2 Å². The maximum Gasteiger partial charge on any atom is 0.491 e. The van der Waals surface area contributed by atoms with E-state index in [2.05, 4.69) is 14.5 Å². The number of halogens is 6. The number of pyridine rings is 1. The van der Waals surface area contributed by atoms with E-state index in [4.69, 9.17) is 4.74 Å². The molecule has 196 valence electrons. The van der Waals surface area contributed by atoms with Crippen LogP contribution in [0.2, 0.25) is 0 Å². The highest BCUT2D eigenvalue weighted by Gasteiger charge is 2.56. The summed E-state index contributed by atoms with van der Waals surface area (Å²) in [7, 11) is -4.70. The van der Waals surface area contributed by atoms with Gasteiger partial charge < -0.3 is 14.2 Å². The molecule has 1 saturated heterocycles. The Morgan fingerprint density at radius 2 is 1.58 bits per heavy atom. The van der Waals surface area contributed by atoms with E-state index < -0.39 is 63.2 Å². The Morgan fingerprint density at radius 1 is 0.972 bits per heavy atom. The van der Waals surface area contributed by atoms with Gasteiger partial charge in [-0.3, -0.25) is 4.98 Å². The topological polar surface area (TPSA) is 109 Å². The molecule has 0 bridgehead atoms. The Morgan fingerprint density at radius 3 is 2.08 bits per heavy atom. The van der Waals surface area contributed by atoms with Crippen LogP contribution in [0, 0.1) is 0 Å². The molecule has 0 atom stereocenters. The number of alkyl halides is 6. The Kier molecular flexibility index (Phi) is 7.64. The maximum absolute atomic E-state index is 13.3. The van der Waals surface area contributed by atoms with Crippen LogP contribution in [0.5, 0.6) is 5.75 Å². The van der Waals surface area contributed by atoms with Gasteiger partial charge in [-0.2, -0.15) is 26.3 Å². The van der Waals surface area contributed by atoms with Crippen molar-refractivity contribution in [3.8, 4) is 17.0 Å². The highest BCUT2D eigenvalue weighted by molar-refractivity contribution is 7.93. The van der Waals surface area contributed by atoms with Crippen LogP contribution in [-0.4, -0.2) is 62.3 Å². The average Bonchev–Trinajstić information content (AvgIpc) is 2.82. The maximum atomic E-state index is 13.3. The molecule has 2 heterocycles. The Balaban J connectivity index is 1.85. The molecule has 0 N–H and O–H groups in total. The summed E-state index contributed by atoms with van der Waals surface area (Å²) in [6, 6.07) is 7.54. The number of aromatic nitrogens is 1. The summed E-state index contributed by atoms with van der Waals surface area (Å²) in [4.78, 5) is 27.2. The van der Waals surface area contributed by atoms with E-state index in [1.165, 1.54) is 30.3 Å². The summed E-state index contributed by atoms with van der Waals surface area (Å²) >= 11 is 0. The number of rotatable bonds is 6. The number of hydrogen-bond acceptors (Lipinski definition) is 8. The van der Waals surface area contributed by atoms with Crippen molar-refractivity contribution >= 4 is 21.8 Å². The number of carbonyl (C=O) groups is 2. The van der Waals surface area contributed by atoms with Crippen LogP contribution in [0.3, 0.4) is 0 Å². The molecule has 15 heteroatoms. The fourth-order valence-corrected chi connectivity index (χ4v) is 5.20. The molecule has 0 amide bonds. The number of hydrogen-bond donors (Lipinski definition) is 0. The van der Waals surface area contributed by atoms with Gasteiger partial charge in [-0.25, -0.2) is 18.0 Å². The molecule has 0 spiro atoms. The normalized spacial score (nSPS) is 16.3. The van der Waals surface area contributed by atoms with Crippen molar-refractivity contribution in [3.05, 3.63) is 42.6 Å². The number of sulfone groups is 1. The summed E-state index contributed by atoms with van der Waals surface area (Å²) in [5.41, 5.74) is 0.585. The quantitative estimate of drug-likeness (QED) is 0.310. The number of carbonyl (C=O) groups excluding carboxylic acids is 2. The van der Waals surface area contributed by atoms with Crippen molar-refractivity contribution < 1.29 is 58.6 Å². The summed E-state index contributed by atoms with van der Waals surface area (Å²) < 4.78 is 112. The van der Waals surface area contributed by atoms with Gasteiger partial charge in [0.1, 0.15) is 5.75 Å². The van der Waals surface area contributed by atoms with Gasteiger partial charge in [-0.05, 0) is 36.4 Å². The lowest BCUT2D eigenvalue weighted by molar-refractivity contribution is -0.203. The van der Waals surface area contributed by atoms with Crippen molar-refractivity contribution in [2.24, 2.45) is 0 Å². The van der Waals surface area contributed by atoms with E-state index in [1.807, 2.05) is 0 Å². The molecular weight excluding hydrogens is 524 g/mol. The summed E-state index contributed by atoms with van der Waals surface area (Å²) in [5.74, 6) is -4.78. The van der Waals surface area contributed by atoms with E-state index in [1.54, 1.807) is 0 Å². The SMILES string of the molecule is O=C(OC(=O)C1(S(=O)(=O)c2ccc(-c3ccc(OCC(F)(F)F)cc3)nc2)CCOCC1)C(F)(F)F. The molecule has 1 aliphatic heterocycles. The van der Waals surface area contributed by atoms with Crippen LogP contribution < -0.4 is 4.74 Å². The zero-order chi connectivity index (χ0) is 26.8. The third kappa shape index (κ3) is 5.95. The summed E-state index contributed by atoms with van der Waals surface area (Å²) in [5, 5.41) is 0. The zero-order valence-corrected chi connectivity index (χ0v) is 18.9. The monoisotopic (exact) mass is 541 g/mol. The van der Waals surface area contributed by atoms with Crippen LogP contribution in [0.15, 0.2) is 47.5 Å². The Labute approximate surface area is 200 Å². The van der Waals surface area contributed by atoms with Gasteiger partial charge in [0.2, 0.25) is 0 Å². The first kappa shape index (κ1) is 27.4. The van der Waals surface area contributed by atoms with Crippen LogP contribution in [0.1, 0.15) is 12.8 Å². The molecule has 1 aromatic carbocycles. The first-order valence-electron chi connectivity index (χ1n) is 10.1. The number of esters is 2. The number of ether oxygens (including phenoxy) is 3. The van der Waals surface area contributed by atoms with Crippen molar-refractivity contribution in [1.29, 1.82) is 0 Å². The van der Waals surface area contributed by atoms with Gasteiger partial charge in [-0.1, -0.05) is 0 Å². The molecule has 1 aliphatic rings. The second-order valence-electron chi connectivity index (χ2n) is 7.59. The van der Waals surface area contributed by atoms with Gasteiger partial charge in [0.25, 0.3) is 0 Å². The molecule has 0 radical (unpaired) electrons. The van der Waals surface area contributed by atoms with Crippen LogP contribution >= 0.6 is 0 Å². The molecule has 1 fully saturated rings. The van der Waals surface area contributed by atoms with Gasteiger partial charge in [0, 0.05) is 37.8 Å². The van der Waals surface area contributed by atoms with E-state index in [0.717, 1.165) is 12.3 Å². The lowest BCUT2D eigenvalue weighted by Crippen LogP contribution is -2.52. The summed E-state index contributed by atoms with van der Waals surface area (Å²) in [6.07, 6.45) is -10.3. The minimum atomic E-state index is -5.51. The predicted octanol–water partition coefficient (Wildman–Crippen LogP) is 3.64. The van der Waals surface area contributed by atoms with Crippen LogP contribution in [0.25, 0.3) is 11.3 Å². The average molecular weight is 541 g/mol. The lowest BCUT2D eigenvalue weighted by Gasteiger charge is -2.33. The largest absolute Gasteiger partial charge is 0.491 e. The molecule has 1 aromatic heterocycles. The third-order valence-electron chi connectivity index (χ3n) is 5.20. The molecule has 8 nitrogen and oxygen atoms in total. The van der Waals surface area contributed by atoms with E-state index >= 15 is 0 Å². The fraction of sp³-hybridized carbons (Fsp3) is 0.381. The highest BCUT2D eigenvalue weighted by atomic mass is 32.2. The predicted molar refractivity (Wildman–Crippen MR) is 108 cm³/mol. The van der Waals surface area contributed by atoms with Gasteiger partial charge in [0.05, 0.1) is 10.6 Å². The zero-order valence-electron chi connectivity index (χ0n) is 18.1. The molecule has 0 saturated carbocycles. The first-order chi connectivity index (χ1) is 16.7. The molecule has 0 aliphatic carbocycles. The molecule has 2 aromatic rings. The minimum Gasteiger partial charge on any atom is -0.484 e. The van der Waals surface area contributed by atoms with Gasteiger partial charge in [-0.15, -0.1) is 0 Å².